The Morgan fingerprint density at radius 3 is 2.91 bits per heavy atom. The molecule has 23 heavy (non-hydrogen) atoms. The molecule has 4 aromatic rings. The van der Waals surface area contributed by atoms with Gasteiger partial charge in [-0.25, -0.2) is 0 Å². The van der Waals surface area contributed by atoms with Gasteiger partial charge in [-0.3, -0.25) is 9.36 Å². The molecule has 8 heteroatoms. The van der Waals surface area contributed by atoms with Gasteiger partial charge in [-0.1, -0.05) is 18.2 Å². The van der Waals surface area contributed by atoms with Crippen molar-refractivity contribution in [1.29, 1.82) is 0 Å². The van der Waals surface area contributed by atoms with Crippen molar-refractivity contribution in [1.82, 2.24) is 28.9 Å². The third kappa shape index (κ3) is 1.95. The van der Waals surface area contributed by atoms with E-state index in [0.29, 0.717) is 11.5 Å². The standard InChI is InChI=1S/C15H14N6O2/c1-19-8-11(10-4-2-3-5-12(10)19)13-14(23)20(6-7-22)15-17-16-9-21(15)18-13/h2-5,8-9,22H,6-7H2,1H3. The van der Waals surface area contributed by atoms with Crippen LogP contribution >= 0.6 is 0 Å². The van der Waals surface area contributed by atoms with Crippen LogP contribution in [-0.4, -0.2) is 40.7 Å². The molecule has 0 bridgehead atoms. The zero-order valence-corrected chi connectivity index (χ0v) is 12.4. The van der Waals surface area contributed by atoms with Crippen LogP contribution in [-0.2, 0) is 13.6 Å². The molecule has 3 aromatic heterocycles. The van der Waals surface area contributed by atoms with Gasteiger partial charge >= 0.3 is 0 Å². The molecule has 0 unspecified atom stereocenters. The van der Waals surface area contributed by atoms with E-state index in [2.05, 4.69) is 15.3 Å². The number of hydrogen-bond donors (Lipinski definition) is 1. The van der Waals surface area contributed by atoms with E-state index in [1.807, 2.05) is 42.1 Å². The number of aromatic nitrogens is 6. The lowest BCUT2D eigenvalue weighted by Gasteiger charge is -2.07. The Hall–Kier alpha value is -3.00. The molecule has 0 spiro atoms. The highest BCUT2D eigenvalue weighted by molar-refractivity contribution is 5.94. The van der Waals surface area contributed by atoms with E-state index in [1.54, 1.807) is 0 Å². The van der Waals surface area contributed by atoms with Crippen LogP contribution in [0.3, 0.4) is 0 Å². The summed E-state index contributed by atoms with van der Waals surface area (Å²) in [5.41, 5.74) is 1.77. The van der Waals surface area contributed by atoms with Crippen LogP contribution in [0.5, 0.6) is 0 Å². The minimum absolute atomic E-state index is 0.140. The number of rotatable bonds is 3. The summed E-state index contributed by atoms with van der Waals surface area (Å²) in [4.78, 5) is 12.8. The topological polar surface area (TPSA) is 90.2 Å². The Morgan fingerprint density at radius 2 is 2.09 bits per heavy atom. The quantitative estimate of drug-likeness (QED) is 0.593. The lowest BCUT2D eigenvalue weighted by Crippen LogP contribution is -2.27. The highest BCUT2D eigenvalue weighted by atomic mass is 16.3. The molecule has 4 rings (SSSR count). The number of fused-ring (bicyclic) bond motifs is 2. The van der Waals surface area contributed by atoms with Crippen LogP contribution < -0.4 is 5.56 Å². The zero-order valence-electron chi connectivity index (χ0n) is 12.4. The summed E-state index contributed by atoms with van der Waals surface area (Å²) in [5, 5.41) is 22.2. The van der Waals surface area contributed by atoms with E-state index in [-0.39, 0.29) is 18.7 Å². The molecule has 0 amide bonds. The molecule has 0 fully saturated rings. The van der Waals surface area contributed by atoms with Gasteiger partial charge in [0.1, 0.15) is 6.33 Å². The highest BCUT2D eigenvalue weighted by Gasteiger charge is 2.17. The molecule has 0 aliphatic heterocycles. The Morgan fingerprint density at radius 1 is 1.26 bits per heavy atom. The Kier molecular flexibility index (Phi) is 2.98. The van der Waals surface area contributed by atoms with Crippen LogP contribution in [0, 0.1) is 0 Å². The number of nitrogens with zero attached hydrogens (tertiary/aromatic N) is 6. The first-order chi connectivity index (χ1) is 11.2. The third-order valence-corrected chi connectivity index (χ3v) is 3.89. The minimum atomic E-state index is -0.295. The number of aliphatic hydroxyl groups is 1. The summed E-state index contributed by atoms with van der Waals surface area (Å²) in [6, 6.07) is 7.82. The average molecular weight is 310 g/mol. The minimum Gasteiger partial charge on any atom is -0.395 e. The fourth-order valence-electron chi connectivity index (χ4n) is 2.84. The van der Waals surface area contributed by atoms with Gasteiger partial charge in [0.25, 0.3) is 11.3 Å². The average Bonchev–Trinajstić information content (AvgIpc) is 3.15. The normalized spacial score (nSPS) is 11.6. The highest BCUT2D eigenvalue weighted by Crippen LogP contribution is 2.26. The summed E-state index contributed by atoms with van der Waals surface area (Å²) in [6.45, 7) is -0.0251. The van der Waals surface area contributed by atoms with Crippen LogP contribution in [0.2, 0.25) is 0 Å². The van der Waals surface area contributed by atoms with Crippen molar-refractivity contribution in [3.63, 3.8) is 0 Å². The van der Waals surface area contributed by atoms with Crippen LogP contribution in [0.25, 0.3) is 27.9 Å². The lowest BCUT2D eigenvalue weighted by molar-refractivity contribution is 0.275. The summed E-state index contributed by atoms with van der Waals surface area (Å²) < 4.78 is 4.80. The Labute approximate surface area is 130 Å². The maximum Gasteiger partial charge on any atom is 0.281 e. The second-order valence-electron chi connectivity index (χ2n) is 5.28. The van der Waals surface area contributed by atoms with Crippen LogP contribution in [0.1, 0.15) is 0 Å². The molecule has 0 radical (unpaired) electrons. The van der Waals surface area contributed by atoms with Gasteiger partial charge in [0.05, 0.1) is 13.2 Å². The number of benzene rings is 1. The first-order valence-electron chi connectivity index (χ1n) is 7.17. The van der Waals surface area contributed by atoms with E-state index < -0.39 is 0 Å². The van der Waals surface area contributed by atoms with Gasteiger partial charge in [0.15, 0.2) is 5.69 Å². The van der Waals surface area contributed by atoms with Gasteiger partial charge in [0, 0.05) is 29.7 Å². The molecule has 0 saturated heterocycles. The largest absolute Gasteiger partial charge is 0.395 e. The van der Waals surface area contributed by atoms with Crippen molar-refractivity contribution in [2.45, 2.75) is 6.54 Å². The second kappa shape index (κ2) is 5.03. The number of aryl methyl sites for hydroxylation is 1. The van der Waals surface area contributed by atoms with Crippen LogP contribution in [0.4, 0.5) is 0 Å². The van der Waals surface area contributed by atoms with Gasteiger partial charge in [-0.2, -0.15) is 9.61 Å². The van der Waals surface area contributed by atoms with E-state index >= 15 is 0 Å². The smallest absolute Gasteiger partial charge is 0.281 e. The summed E-state index contributed by atoms with van der Waals surface area (Å²) in [5.74, 6) is 0.313. The van der Waals surface area contributed by atoms with E-state index in [1.165, 1.54) is 15.4 Å². The van der Waals surface area contributed by atoms with E-state index in [4.69, 9.17) is 0 Å². The van der Waals surface area contributed by atoms with Gasteiger partial charge in [0.2, 0.25) is 0 Å². The first-order valence-corrected chi connectivity index (χ1v) is 7.17. The van der Waals surface area contributed by atoms with Crippen molar-refractivity contribution in [2.75, 3.05) is 6.61 Å². The van der Waals surface area contributed by atoms with Gasteiger partial charge in [-0.15, -0.1) is 10.2 Å². The number of hydrogen-bond acceptors (Lipinski definition) is 5. The van der Waals surface area contributed by atoms with Crippen molar-refractivity contribution < 1.29 is 5.11 Å². The maximum absolute atomic E-state index is 12.8. The molecule has 1 aromatic carbocycles. The number of para-hydroxylation sites is 1. The van der Waals surface area contributed by atoms with Crippen molar-refractivity contribution in [3.8, 4) is 11.3 Å². The Bertz CT molecular complexity index is 1070. The SMILES string of the molecule is Cn1cc(-c2nn3cnnc3n(CCO)c2=O)c2ccccc21. The molecule has 116 valence electrons. The van der Waals surface area contributed by atoms with E-state index in [9.17, 15) is 9.90 Å². The van der Waals surface area contributed by atoms with E-state index in [0.717, 1.165) is 16.5 Å². The second-order valence-corrected chi connectivity index (χ2v) is 5.28. The monoisotopic (exact) mass is 310 g/mol. The molecule has 0 aliphatic rings. The van der Waals surface area contributed by atoms with Gasteiger partial charge in [-0.05, 0) is 6.07 Å². The molecule has 0 atom stereocenters. The maximum atomic E-state index is 12.8. The third-order valence-electron chi connectivity index (χ3n) is 3.89. The molecular formula is C15H14N6O2. The fraction of sp³-hybridized carbons (Fsp3) is 0.200. The lowest BCUT2D eigenvalue weighted by atomic mass is 10.1. The van der Waals surface area contributed by atoms with Crippen molar-refractivity contribution >= 4 is 16.7 Å². The summed E-state index contributed by atoms with van der Waals surface area (Å²) >= 11 is 0. The van der Waals surface area contributed by atoms with Crippen molar-refractivity contribution in [2.24, 2.45) is 7.05 Å². The molecule has 3 heterocycles. The summed E-state index contributed by atoms with van der Waals surface area (Å²) in [6.07, 6.45) is 3.32. The predicted octanol–water partition coefficient (Wildman–Crippen LogP) is 0.437. The molecule has 8 nitrogen and oxygen atoms in total. The molecule has 0 aliphatic carbocycles. The molecule has 1 N–H and O–H groups in total. The Balaban J connectivity index is 2.08. The molecule has 0 saturated carbocycles. The first kappa shape index (κ1) is 13.6. The predicted molar refractivity (Wildman–Crippen MR) is 84.0 cm³/mol. The van der Waals surface area contributed by atoms with Crippen LogP contribution in [0.15, 0.2) is 41.6 Å². The zero-order chi connectivity index (χ0) is 16.0. The summed E-state index contributed by atoms with van der Waals surface area (Å²) in [7, 11) is 1.93. The fourth-order valence-corrected chi connectivity index (χ4v) is 2.84. The van der Waals surface area contributed by atoms with Gasteiger partial charge < -0.3 is 9.67 Å². The molecular weight excluding hydrogens is 296 g/mol. The van der Waals surface area contributed by atoms with Crippen molar-refractivity contribution in [3.05, 3.63) is 47.1 Å². The number of aliphatic hydroxyl groups excluding tert-OH is 1.